The molecule has 0 radical (unpaired) electrons. The van der Waals surface area contributed by atoms with Crippen LogP contribution in [-0.4, -0.2) is 5.78 Å². The molecule has 0 bridgehead atoms. The maximum absolute atomic E-state index is 13.8. The Morgan fingerprint density at radius 1 is 1.00 bits per heavy atom. The molecular formula is C15H9BrF4O. The molecule has 0 saturated carbocycles. The highest BCUT2D eigenvalue weighted by Crippen LogP contribution is 2.24. The van der Waals surface area contributed by atoms with E-state index in [0.29, 0.717) is 0 Å². The minimum absolute atomic E-state index is 0.0307. The van der Waals surface area contributed by atoms with Crippen molar-refractivity contribution in [1.29, 1.82) is 0 Å². The van der Waals surface area contributed by atoms with Crippen molar-refractivity contribution in [2.75, 3.05) is 0 Å². The van der Waals surface area contributed by atoms with E-state index in [2.05, 4.69) is 15.9 Å². The summed E-state index contributed by atoms with van der Waals surface area (Å²) in [5.41, 5.74) is -1.24. The van der Waals surface area contributed by atoms with Gasteiger partial charge in [0, 0.05) is 12.0 Å². The zero-order valence-electron chi connectivity index (χ0n) is 10.8. The van der Waals surface area contributed by atoms with Crippen molar-refractivity contribution in [2.45, 2.75) is 13.3 Å². The van der Waals surface area contributed by atoms with E-state index in [1.807, 2.05) is 0 Å². The number of aryl methyl sites for hydroxylation is 1. The summed E-state index contributed by atoms with van der Waals surface area (Å²) in [6.07, 6.45) is -0.769. The number of carbonyl (C=O) groups is 1. The normalized spacial score (nSPS) is 10.8. The molecule has 0 aliphatic heterocycles. The Morgan fingerprint density at radius 2 is 1.62 bits per heavy atom. The zero-order chi connectivity index (χ0) is 15.7. The number of rotatable bonds is 3. The van der Waals surface area contributed by atoms with E-state index < -0.39 is 46.6 Å². The molecule has 0 aliphatic rings. The lowest BCUT2D eigenvalue weighted by Crippen LogP contribution is -2.12. The fraction of sp³-hybridized carbons (Fsp3) is 0.133. The second kappa shape index (κ2) is 5.97. The van der Waals surface area contributed by atoms with Gasteiger partial charge in [0.05, 0.1) is 10.0 Å². The van der Waals surface area contributed by atoms with E-state index in [-0.39, 0.29) is 10.0 Å². The fourth-order valence-electron chi connectivity index (χ4n) is 1.89. The average Bonchev–Trinajstić information content (AvgIpc) is 2.44. The fourth-order valence-corrected chi connectivity index (χ4v) is 2.26. The third-order valence-corrected chi connectivity index (χ3v) is 3.65. The predicted molar refractivity (Wildman–Crippen MR) is 73.2 cm³/mol. The highest BCUT2D eigenvalue weighted by molar-refractivity contribution is 9.10. The molecule has 0 aromatic heterocycles. The van der Waals surface area contributed by atoms with Crippen molar-refractivity contribution in [1.82, 2.24) is 0 Å². The molecule has 1 nitrogen and oxygen atoms in total. The second-order valence-electron chi connectivity index (χ2n) is 4.47. The van der Waals surface area contributed by atoms with Gasteiger partial charge in [0.2, 0.25) is 0 Å². The molecule has 0 unspecified atom stereocenters. The summed E-state index contributed by atoms with van der Waals surface area (Å²) in [6.45, 7) is 1.37. The predicted octanol–water partition coefficient (Wildman–Crippen LogP) is 4.74. The smallest absolute Gasteiger partial charge is 0.173 e. The first kappa shape index (κ1) is 15.7. The van der Waals surface area contributed by atoms with Crippen LogP contribution in [-0.2, 0) is 6.42 Å². The summed E-state index contributed by atoms with van der Waals surface area (Å²) in [5, 5.41) is 0. The Labute approximate surface area is 126 Å². The molecule has 0 amide bonds. The van der Waals surface area contributed by atoms with Gasteiger partial charge >= 0.3 is 0 Å². The first-order valence-electron chi connectivity index (χ1n) is 5.93. The van der Waals surface area contributed by atoms with Gasteiger partial charge in [0.1, 0.15) is 23.3 Å². The number of ketones is 1. The maximum Gasteiger partial charge on any atom is 0.173 e. The second-order valence-corrected chi connectivity index (χ2v) is 5.33. The minimum atomic E-state index is -1.06. The number of benzene rings is 2. The molecular weight excluding hydrogens is 352 g/mol. The van der Waals surface area contributed by atoms with E-state index in [9.17, 15) is 22.4 Å². The summed E-state index contributed by atoms with van der Waals surface area (Å²) in [4.78, 5) is 12.0. The first-order chi connectivity index (χ1) is 9.82. The molecule has 0 N–H and O–H groups in total. The molecule has 110 valence electrons. The van der Waals surface area contributed by atoms with Gasteiger partial charge in [-0.15, -0.1) is 0 Å². The lowest BCUT2D eigenvalue weighted by molar-refractivity contribution is 0.0982. The van der Waals surface area contributed by atoms with Gasteiger partial charge in [0.25, 0.3) is 0 Å². The molecule has 0 heterocycles. The minimum Gasteiger partial charge on any atom is -0.294 e. The van der Waals surface area contributed by atoms with Crippen molar-refractivity contribution < 1.29 is 22.4 Å². The van der Waals surface area contributed by atoms with Gasteiger partial charge in [-0.1, -0.05) is 6.07 Å². The monoisotopic (exact) mass is 360 g/mol. The van der Waals surface area contributed by atoms with Crippen LogP contribution in [0.3, 0.4) is 0 Å². The van der Waals surface area contributed by atoms with Gasteiger partial charge < -0.3 is 0 Å². The number of hydrogen-bond donors (Lipinski definition) is 0. The zero-order valence-corrected chi connectivity index (χ0v) is 12.4. The van der Waals surface area contributed by atoms with Crippen molar-refractivity contribution >= 4 is 21.7 Å². The van der Waals surface area contributed by atoms with Crippen LogP contribution in [0.15, 0.2) is 28.7 Å². The summed E-state index contributed by atoms with van der Waals surface area (Å²) >= 11 is 2.87. The largest absolute Gasteiger partial charge is 0.294 e. The first-order valence-corrected chi connectivity index (χ1v) is 6.72. The highest BCUT2D eigenvalue weighted by Gasteiger charge is 2.22. The SMILES string of the molecule is Cc1ccc(F)c(C(=O)Cc2c(F)ccc(Br)c2F)c1F. The van der Waals surface area contributed by atoms with Crippen molar-refractivity contribution in [3.63, 3.8) is 0 Å². The lowest BCUT2D eigenvalue weighted by atomic mass is 9.99. The van der Waals surface area contributed by atoms with E-state index >= 15 is 0 Å². The molecule has 0 atom stereocenters. The van der Waals surface area contributed by atoms with Crippen LogP contribution >= 0.6 is 15.9 Å². The topological polar surface area (TPSA) is 17.1 Å². The van der Waals surface area contributed by atoms with E-state index in [0.717, 1.165) is 18.2 Å². The van der Waals surface area contributed by atoms with E-state index in [4.69, 9.17) is 0 Å². The summed E-state index contributed by atoms with van der Waals surface area (Å²) < 4.78 is 54.8. The average molecular weight is 361 g/mol. The lowest BCUT2D eigenvalue weighted by Gasteiger charge is -2.09. The Hall–Kier alpha value is -1.69. The van der Waals surface area contributed by atoms with Gasteiger partial charge in [-0.05, 0) is 46.6 Å². The van der Waals surface area contributed by atoms with Crippen LogP contribution in [0.25, 0.3) is 0 Å². The van der Waals surface area contributed by atoms with Crippen LogP contribution in [0.2, 0.25) is 0 Å². The molecule has 21 heavy (non-hydrogen) atoms. The molecule has 2 aromatic rings. The van der Waals surface area contributed by atoms with E-state index in [1.54, 1.807) is 0 Å². The van der Waals surface area contributed by atoms with Gasteiger partial charge in [-0.25, -0.2) is 17.6 Å². The number of halogens is 5. The van der Waals surface area contributed by atoms with Crippen LogP contribution < -0.4 is 0 Å². The molecule has 0 spiro atoms. The molecule has 6 heteroatoms. The number of hydrogen-bond acceptors (Lipinski definition) is 1. The summed E-state index contributed by atoms with van der Waals surface area (Å²) in [5.74, 6) is -5.01. The molecule has 0 aliphatic carbocycles. The van der Waals surface area contributed by atoms with E-state index in [1.165, 1.54) is 13.0 Å². The number of Topliss-reactive ketones (excluding diaryl/α,β-unsaturated/α-hetero) is 1. The van der Waals surface area contributed by atoms with Crippen molar-refractivity contribution in [3.05, 3.63) is 68.7 Å². The Balaban J connectivity index is 2.45. The maximum atomic E-state index is 13.8. The van der Waals surface area contributed by atoms with Crippen LogP contribution in [0.1, 0.15) is 21.5 Å². The molecule has 0 fully saturated rings. The van der Waals surface area contributed by atoms with Crippen LogP contribution in [0.5, 0.6) is 0 Å². The quantitative estimate of drug-likeness (QED) is 0.439. The Kier molecular flexibility index (Phi) is 4.46. The number of carbonyl (C=O) groups excluding carboxylic acids is 1. The van der Waals surface area contributed by atoms with Gasteiger partial charge in [-0.3, -0.25) is 4.79 Å². The summed E-state index contributed by atoms with van der Waals surface area (Å²) in [7, 11) is 0. The highest BCUT2D eigenvalue weighted by atomic mass is 79.9. The Morgan fingerprint density at radius 3 is 2.29 bits per heavy atom. The van der Waals surface area contributed by atoms with Gasteiger partial charge in [0.15, 0.2) is 5.78 Å². The molecule has 2 rings (SSSR count). The Bertz CT molecular complexity index is 728. The third-order valence-electron chi connectivity index (χ3n) is 3.04. The molecule has 0 saturated heterocycles. The van der Waals surface area contributed by atoms with Crippen molar-refractivity contribution in [3.8, 4) is 0 Å². The van der Waals surface area contributed by atoms with Gasteiger partial charge in [-0.2, -0.15) is 0 Å². The standard InChI is InChI=1S/C15H9BrF4O/c1-7-2-4-11(18)13(14(7)19)12(21)6-8-10(17)5-3-9(16)15(8)20/h2-5H,6H2,1H3. The van der Waals surface area contributed by atoms with Crippen LogP contribution in [0, 0.1) is 30.2 Å². The molecule has 2 aromatic carbocycles. The van der Waals surface area contributed by atoms with Crippen molar-refractivity contribution in [2.24, 2.45) is 0 Å². The third kappa shape index (κ3) is 3.00. The summed E-state index contributed by atoms with van der Waals surface area (Å²) in [6, 6.07) is 4.24. The van der Waals surface area contributed by atoms with Crippen LogP contribution in [0.4, 0.5) is 17.6 Å².